The van der Waals surface area contributed by atoms with Crippen molar-refractivity contribution >= 4 is 11.6 Å². The minimum Gasteiger partial charge on any atom is -0.380 e. The van der Waals surface area contributed by atoms with Crippen LogP contribution in [0, 0.1) is 11.7 Å². The van der Waals surface area contributed by atoms with Gasteiger partial charge in [0.15, 0.2) is 0 Å². The molecule has 1 aliphatic rings. The van der Waals surface area contributed by atoms with E-state index in [1.807, 2.05) is 6.07 Å². The maximum Gasteiger partial charge on any atom is 0.247 e. The molecule has 3 rings (SSSR count). The average Bonchev–Trinajstić information content (AvgIpc) is 2.74. The molecule has 2 aromatic rings. The van der Waals surface area contributed by atoms with Gasteiger partial charge in [-0.25, -0.2) is 4.39 Å². The summed E-state index contributed by atoms with van der Waals surface area (Å²) in [6.45, 7) is 4.41. The van der Waals surface area contributed by atoms with E-state index in [9.17, 15) is 9.18 Å². The van der Waals surface area contributed by atoms with E-state index in [-0.39, 0.29) is 23.6 Å². The van der Waals surface area contributed by atoms with Gasteiger partial charge in [0.05, 0.1) is 12.7 Å². The molecule has 0 unspecified atom stereocenters. The number of likely N-dealkylation sites (tertiary alicyclic amines) is 1. The Balaban J connectivity index is 1.54. The molecular formula is C23H29FN2O3. The third kappa shape index (κ3) is 5.85. The number of carbonyl (C=O) groups excluding carboxylic acids is 1. The van der Waals surface area contributed by atoms with Crippen LogP contribution in [-0.4, -0.2) is 50.3 Å². The molecule has 0 spiro atoms. The van der Waals surface area contributed by atoms with E-state index in [0.717, 1.165) is 37.5 Å². The molecule has 1 aliphatic heterocycles. The highest BCUT2D eigenvalue weighted by molar-refractivity contribution is 5.89. The topological polar surface area (TPSA) is 42.0 Å². The second kappa shape index (κ2) is 10.5. The van der Waals surface area contributed by atoms with Crippen molar-refractivity contribution in [2.45, 2.75) is 25.9 Å². The van der Waals surface area contributed by atoms with Crippen LogP contribution in [0.25, 0.3) is 0 Å². The first-order valence-electron chi connectivity index (χ1n) is 10.1. The Morgan fingerprint density at radius 2 is 1.90 bits per heavy atom. The maximum absolute atomic E-state index is 14.1. The number of halogens is 1. The smallest absolute Gasteiger partial charge is 0.247 e. The van der Waals surface area contributed by atoms with Crippen LogP contribution >= 0.6 is 0 Å². The predicted molar refractivity (Wildman–Crippen MR) is 111 cm³/mol. The van der Waals surface area contributed by atoms with Gasteiger partial charge in [0.25, 0.3) is 0 Å². The number of rotatable bonds is 8. The number of hydrogen-bond acceptors (Lipinski definition) is 4. The summed E-state index contributed by atoms with van der Waals surface area (Å²) in [6.07, 6.45) is 1.91. The van der Waals surface area contributed by atoms with Crippen LogP contribution in [0.1, 0.15) is 18.9 Å². The Labute approximate surface area is 172 Å². The van der Waals surface area contributed by atoms with Crippen molar-refractivity contribution in [2.75, 3.05) is 38.4 Å². The van der Waals surface area contributed by atoms with E-state index in [2.05, 4.69) is 29.2 Å². The minimum absolute atomic E-state index is 0.00829. The minimum atomic E-state index is -0.485. The Bertz CT molecular complexity index is 787. The molecule has 1 saturated heterocycles. The van der Waals surface area contributed by atoms with Gasteiger partial charge in [0.2, 0.25) is 5.91 Å². The predicted octanol–water partition coefficient (Wildman–Crippen LogP) is 3.69. The van der Waals surface area contributed by atoms with E-state index in [0.29, 0.717) is 6.61 Å². The van der Waals surface area contributed by atoms with Gasteiger partial charge in [-0.2, -0.15) is 5.06 Å². The van der Waals surface area contributed by atoms with Crippen LogP contribution in [0.2, 0.25) is 0 Å². The third-order valence-corrected chi connectivity index (χ3v) is 5.42. The largest absolute Gasteiger partial charge is 0.380 e. The van der Waals surface area contributed by atoms with Crippen molar-refractivity contribution in [2.24, 2.45) is 5.92 Å². The summed E-state index contributed by atoms with van der Waals surface area (Å²) < 4.78 is 19.8. The van der Waals surface area contributed by atoms with Gasteiger partial charge in [-0.1, -0.05) is 42.5 Å². The molecule has 0 aliphatic carbocycles. The van der Waals surface area contributed by atoms with Gasteiger partial charge >= 0.3 is 0 Å². The first kappa shape index (κ1) is 21.4. The second-order valence-corrected chi connectivity index (χ2v) is 7.42. The van der Waals surface area contributed by atoms with Crippen molar-refractivity contribution in [3.05, 3.63) is 66.0 Å². The summed E-state index contributed by atoms with van der Waals surface area (Å²) in [4.78, 5) is 20.1. The summed E-state index contributed by atoms with van der Waals surface area (Å²) >= 11 is 0. The number of methoxy groups -OCH3 is 1. The third-order valence-electron chi connectivity index (χ3n) is 5.42. The lowest BCUT2D eigenvalue weighted by atomic mass is 9.94. The first-order chi connectivity index (χ1) is 14.1. The number of piperidine rings is 1. The number of hydroxylamine groups is 1. The molecule has 0 bridgehead atoms. The standard InChI is InChI=1S/C23H29FN2O3/c1-18(27)26(22-11-7-6-10-21(22)24)29-17-20-13-15-25(16-23(20)28-2)14-12-19-8-4-3-5-9-19/h3-11,20,23H,12-17H2,1-2H3/t20-,23+/m1/s1. The average molecular weight is 400 g/mol. The summed E-state index contributed by atoms with van der Waals surface area (Å²) in [7, 11) is 1.71. The molecule has 156 valence electrons. The van der Waals surface area contributed by atoms with Crippen LogP contribution < -0.4 is 5.06 Å². The molecule has 0 saturated carbocycles. The SMILES string of the molecule is CO[C@H]1CN(CCc2ccccc2)CC[C@@H]1CON(C(C)=O)c1ccccc1F. The van der Waals surface area contributed by atoms with Crippen molar-refractivity contribution in [1.82, 2.24) is 4.90 Å². The molecule has 29 heavy (non-hydrogen) atoms. The lowest BCUT2D eigenvalue weighted by Gasteiger charge is -2.38. The van der Waals surface area contributed by atoms with Gasteiger partial charge in [0.1, 0.15) is 11.5 Å². The molecule has 1 amide bonds. The van der Waals surface area contributed by atoms with Crippen LogP contribution in [0.3, 0.4) is 0 Å². The Morgan fingerprint density at radius 1 is 1.17 bits per heavy atom. The van der Waals surface area contributed by atoms with Crippen molar-refractivity contribution < 1.29 is 18.8 Å². The number of hydrogen-bond donors (Lipinski definition) is 0. The number of nitrogens with zero attached hydrogens (tertiary/aromatic N) is 2. The zero-order valence-electron chi connectivity index (χ0n) is 17.1. The number of anilines is 1. The van der Waals surface area contributed by atoms with Crippen molar-refractivity contribution in [3.63, 3.8) is 0 Å². The number of para-hydroxylation sites is 1. The summed E-state index contributed by atoms with van der Waals surface area (Å²) in [6, 6.07) is 16.6. The van der Waals surface area contributed by atoms with Crippen LogP contribution in [-0.2, 0) is 20.8 Å². The van der Waals surface area contributed by atoms with Crippen LogP contribution in [0.5, 0.6) is 0 Å². The summed E-state index contributed by atoms with van der Waals surface area (Å²) in [5, 5.41) is 1.05. The second-order valence-electron chi connectivity index (χ2n) is 7.42. The highest BCUT2D eigenvalue weighted by atomic mass is 19.1. The first-order valence-corrected chi connectivity index (χ1v) is 10.1. The molecule has 1 heterocycles. The Hall–Kier alpha value is -2.28. The lowest BCUT2D eigenvalue weighted by Crippen LogP contribution is -2.47. The molecule has 0 aromatic heterocycles. The maximum atomic E-state index is 14.1. The molecule has 0 radical (unpaired) electrons. The number of amides is 1. The fraction of sp³-hybridized carbons (Fsp3) is 0.435. The molecule has 2 atom stereocenters. The molecule has 1 fully saturated rings. The van der Waals surface area contributed by atoms with Gasteiger partial charge in [-0.3, -0.25) is 9.63 Å². The van der Waals surface area contributed by atoms with E-state index < -0.39 is 5.82 Å². The summed E-state index contributed by atoms with van der Waals surface area (Å²) in [5.74, 6) is -0.701. The monoisotopic (exact) mass is 400 g/mol. The lowest BCUT2D eigenvalue weighted by molar-refractivity contribution is -0.126. The number of carbonyl (C=O) groups is 1. The molecule has 2 aromatic carbocycles. The highest BCUT2D eigenvalue weighted by Gasteiger charge is 2.30. The van der Waals surface area contributed by atoms with Crippen molar-refractivity contribution in [1.29, 1.82) is 0 Å². The quantitative estimate of drug-likeness (QED) is 0.634. The summed E-state index contributed by atoms with van der Waals surface area (Å²) in [5.41, 5.74) is 1.46. The molecule has 6 heteroatoms. The fourth-order valence-corrected chi connectivity index (χ4v) is 3.74. The van der Waals surface area contributed by atoms with Gasteiger partial charge in [-0.15, -0.1) is 0 Å². The van der Waals surface area contributed by atoms with E-state index >= 15 is 0 Å². The van der Waals surface area contributed by atoms with E-state index in [4.69, 9.17) is 9.57 Å². The van der Waals surface area contributed by atoms with Gasteiger partial charge < -0.3 is 9.64 Å². The molecular weight excluding hydrogens is 371 g/mol. The zero-order chi connectivity index (χ0) is 20.6. The normalized spacial score (nSPS) is 19.8. The van der Waals surface area contributed by atoms with Gasteiger partial charge in [0, 0.05) is 33.0 Å². The van der Waals surface area contributed by atoms with E-state index in [1.54, 1.807) is 19.2 Å². The van der Waals surface area contributed by atoms with Crippen molar-refractivity contribution in [3.8, 4) is 0 Å². The Morgan fingerprint density at radius 3 is 2.59 bits per heavy atom. The van der Waals surface area contributed by atoms with Gasteiger partial charge in [-0.05, 0) is 37.1 Å². The zero-order valence-corrected chi connectivity index (χ0v) is 17.1. The molecule has 0 N–H and O–H groups in total. The Kier molecular flexibility index (Phi) is 7.75. The molecule has 5 nitrogen and oxygen atoms in total. The number of ether oxygens (including phenoxy) is 1. The fourth-order valence-electron chi connectivity index (χ4n) is 3.74. The number of benzene rings is 2. The highest BCUT2D eigenvalue weighted by Crippen LogP contribution is 2.24. The van der Waals surface area contributed by atoms with E-state index in [1.165, 1.54) is 24.6 Å². The van der Waals surface area contributed by atoms with Crippen LogP contribution in [0.15, 0.2) is 54.6 Å². The van der Waals surface area contributed by atoms with Crippen LogP contribution in [0.4, 0.5) is 10.1 Å².